The molecule has 2 atom stereocenters. The zero-order valence-corrected chi connectivity index (χ0v) is 26.3. The number of hydrogen-bond acceptors (Lipinski definition) is 8. The molecular formula is C35H43N5O4. The van der Waals surface area contributed by atoms with Crippen LogP contribution < -0.4 is 10.1 Å². The minimum atomic E-state index is -0.538. The second-order valence-electron chi connectivity index (χ2n) is 12.5. The molecule has 232 valence electrons. The Kier molecular flexibility index (Phi) is 9.64. The first kappa shape index (κ1) is 31.2. The maximum atomic E-state index is 12.6. The van der Waals surface area contributed by atoms with Gasteiger partial charge in [0, 0.05) is 36.9 Å². The molecule has 0 unspecified atom stereocenters. The van der Waals surface area contributed by atoms with E-state index in [9.17, 15) is 9.90 Å². The van der Waals surface area contributed by atoms with Gasteiger partial charge in [0.05, 0.1) is 17.4 Å². The number of anilines is 1. The molecule has 2 aromatic carbocycles. The van der Waals surface area contributed by atoms with Gasteiger partial charge in [-0.3, -0.25) is 0 Å². The van der Waals surface area contributed by atoms with Crippen LogP contribution in [0.4, 0.5) is 10.7 Å². The van der Waals surface area contributed by atoms with Gasteiger partial charge < -0.3 is 24.8 Å². The summed E-state index contributed by atoms with van der Waals surface area (Å²) in [6, 6.07) is 16.1. The van der Waals surface area contributed by atoms with Crippen LogP contribution in [-0.2, 0) is 11.2 Å². The van der Waals surface area contributed by atoms with Crippen LogP contribution in [0.15, 0.2) is 60.9 Å². The molecule has 3 heterocycles. The van der Waals surface area contributed by atoms with E-state index in [2.05, 4.69) is 39.6 Å². The van der Waals surface area contributed by atoms with Crippen LogP contribution in [0.25, 0.3) is 22.0 Å². The second-order valence-corrected chi connectivity index (χ2v) is 12.5. The second kappa shape index (κ2) is 13.6. The predicted molar refractivity (Wildman–Crippen MR) is 173 cm³/mol. The van der Waals surface area contributed by atoms with Gasteiger partial charge in [0.1, 0.15) is 11.4 Å². The number of benzene rings is 2. The molecule has 0 bridgehead atoms. The summed E-state index contributed by atoms with van der Waals surface area (Å²) in [5, 5.41) is 15.7. The summed E-state index contributed by atoms with van der Waals surface area (Å²) in [6.07, 6.45) is 6.83. The van der Waals surface area contributed by atoms with Crippen LogP contribution >= 0.6 is 0 Å². The Hall–Kier alpha value is -4.24. The molecule has 0 aliphatic carbocycles. The summed E-state index contributed by atoms with van der Waals surface area (Å²) in [5.41, 5.74) is 3.06. The summed E-state index contributed by atoms with van der Waals surface area (Å²) in [7, 11) is 0. The highest BCUT2D eigenvalue weighted by atomic mass is 16.6. The fraction of sp³-hybridized carbons (Fsp3) is 0.429. The first-order valence-corrected chi connectivity index (χ1v) is 15.5. The minimum Gasteiger partial charge on any atom is -0.444 e. The first-order chi connectivity index (χ1) is 21.1. The van der Waals surface area contributed by atoms with Gasteiger partial charge in [-0.25, -0.2) is 19.7 Å². The lowest BCUT2D eigenvalue weighted by Gasteiger charge is -2.34. The highest BCUT2D eigenvalue weighted by Gasteiger charge is 2.28. The lowest BCUT2D eigenvalue weighted by atomic mass is 9.97. The topological polar surface area (TPSA) is 110 Å². The SMILES string of the molecule is CC[C@@H](O)CCc1cccc2c(Oc3ncccc3-c3ccnc(N[C@H]4CCCN(C(=O)OC(C)(C)C)C4)n3)c(C)ccc12. The molecule has 1 saturated heterocycles. The number of ether oxygens (including phenoxy) is 2. The van der Waals surface area contributed by atoms with Crippen LogP contribution in [0.3, 0.4) is 0 Å². The molecule has 5 rings (SSSR count). The van der Waals surface area contributed by atoms with Gasteiger partial charge in [0.25, 0.3) is 0 Å². The number of likely N-dealkylation sites (tertiary alicyclic amines) is 1. The Bertz CT molecular complexity index is 1600. The number of aliphatic hydroxyl groups excluding tert-OH is 1. The van der Waals surface area contributed by atoms with Crippen LogP contribution in [0.5, 0.6) is 11.6 Å². The number of aliphatic hydroxyl groups is 1. The average molecular weight is 598 g/mol. The largest absolute Gasteiger partial charge is 0.444 e. The van der Waals surface area contributed by atoms with Crippen LogP contribution in [0, 0.1) is 6.92 Å². The molecule has 1 amide bonds. The summed E-state index contributed by atoms with van der Waals surface area (Å²) in [4.78, 5) is 28.3. The Labute approximate surface area is 259 Å². The number of carbonyl (C=O) groups is 1. The van der Waals surface area contributed by atoms with Gasteiger partial charge in [-0.15, -0.1) is 0 Å². The number of nitrogens with zero attached hydrogens (tertiary/aromatic N) is 4. The quantitative estimate of drug-likeness (QED) is 0.207. The fourth-order valence-electron chi connectivity index (χ4n) is 5.50. The Morgan fingerprint density at radius 2 is 1.93 bits per heavy atom. The smallest absolute Gasteiger partial charge is 0.410 e. The minimum absolute atomic E-state index is 0.00195. The van der Waals surface area contributed by atoms with E-state index in [1.807, 2.05) is 58.9 Å². The third kappa shape index (κ3) is 7.63. The number of rotatable bonds is 9. The van der Waals surface area contributed by atoms with Crippen molar-refractivity contribution in [1.82, 2.24) is 19.9 Å². The van der Waals surface area contributed by atoms with Crippen LogP contribution in [-0.4, -0.2) is 61.9 Å². The third-order valence-electron chi connectivity index (χ3n) is 7.83. The van der Waals surface area contributed by atoms with Crippen LogP contribution in [0.2, 0.25) is 0 Å². The lowest BCUT2D eigenvalue weighted by molar-refractivity contribution is 0.0206. The fourth-order valence-corrected chi connectivity index (χ4v) is 5.50. The predicted octanol–water partition coefficient (Wildman–Crippen LogP) is 7.31. The molecule has 1 aliphatic rings. The number of amides is 1. The maximum Gasteiger partial charge on any atom is 0.410 e. The van der Waals surface area contributed by atoms with Gasteiger partial charge in [-0.1, -0.05) is 37.3 Å². The van der Waals surface area contributed by atoms with E-state index in [-0.39, 0.29) is 18.2 Å². The molecule has 9 nitrogen and oxygen atoms in total. The number of carbonyl (C=O) groups excluding carboxylic acids is 1. The standard InChI is InChI=1S/C35H43N5O4/c1-6-26(41)16-15-24-10-7-12-28-27(24)17-14-23(2)31(28)43-32-29(13-8-19-36-32)30-18-20-37-33(39-30)38-25-11-9-21-40(22-25)34(42)44-35(3,4)5/h7-8,10,12-14,17-20,25-26,41H,6,9,11,15-16,21-22H2,1-5H3,(H,37,38,39)/t25-,26+/m0/s1. The highest BCUT2D eigenvalue weighted by molar-refractivity contribution is 5.92. The molecule has 4 aromatic rings. The molecule has 0 saturated carbocycles. The van der Waals surface area contributed by atoms with Gasteiger partial charge in [-0.05, 0) is 94.5 Å². The van der Waals surface area contributed by atoms with E-state index < -0.39 is 5.60 Å². The average Bonchev–Trinajstić information content (AvgIpc) is 3.01. The van der Waals surface area contributed by atoms with Gasteiger partial charge in [0.15, 0.2) is 0 Å². The first-order valence-electron chi connectivity index (χ1n) is 15.5. The number of pyridine rings is 1. The van der Waals surface area contributed by atoms with Crippen molar-refractivity contribution in [3.63, 3.8) is 0 Å². The van der Waals surface area contributed by atoms with E-state index in [0.717, 1.165) is 53.3 Å². The molecule has 2 N–H and O–H groups in total. The summed E-state index contributed by atoms with van der Waals surface area (Å²) < 4.78 is 12.2. The molecule has 0 spiro atoms. The maximum absolute atomic E-state index is 12.6. The van der Waals surface area contributed by atoms with Crippen molar-refractivity contribution >= 4 is 22.8 Å². The Morgan fingerprint density at radius 1 is 1.09 bits per heavy atom. The van der Waals surface area contributed by atoms with Crippen molar-refractivity contribution in [2.24, 2.45) is 0 Å². The van der Waals surface area contributed by atoms with E-state index in [1.165, 1.54) is 5.56 Å². The van der Waals surface area contributed by atoms with Crippen molar-refractivity contribution in [3.8, 4) is 22.9 Å². The number of nitrogens with one attached hydrogen (secondary N) is 1. The summed E-state index contributed by atoms with van der Waals surface area (Å²) >= 11 is 0. The highest BCUT2D eigenvalue weighted by Crippen LogP contribution is 2.38. The monoisotopic (exact) mass is 597 g/mol. The number of fused-ring (bicyclic) bond motifs is 1. The van der Waals surface area contributed by atoms with Crippen molar-refractivity contribution in [2.45, 2.75) is 84.5 Å². The van der Waals surface area contributed by atoms with E-state index >= 15 is 0 Å². The zero-order valence-electron chi connectivity index (χ0n) is 26.3. The molecule has 1 fully saturated rings. The molecule has 9 heteroatoms. The Balaban J connectivity index is 1.37. The van der Waals surface area contributed by atoms with Gasteiger partial charge in [-0.2, -0.15) is 0 Å². The Morgan fingerprint density at radius 3 is 2.73 bits per heavy atom. The zero-order chi connectivity index (χ0) is 31.3. The van der Waals surface area contributed by atoms with Gasteiger partial charge >= 0.3 is 6.09 Å². The van der Waals surface area contributed by atoms with E-state index in [0.29, 0.717) is 37.0 Å². The lowest BCUT2D eigenvalue weighted by Crippen LogP contribution is -2.47. The van der Waals surface area contributed by atoms with E-state index in [4.69, 9.17) is 14.5 Å². The van der Waals surface area contributed by atoms with Crippen molar-refractivity contribution in [1.29, 1.82) is 0 Å². The molecular weight excluding hydrogens is 554 g/mol. The molecule has 44 heavy (non-hydrogen) atoms. The van der Waals surface area contributed by atoms with Crippen molar-refractivity contribution in [3.05, 3.63) is 72.1 Å². The number of aryl methyl sites for hydroxylation is 2. The number of hydrogen-bond donors (Lipinski definition) is 2. The van der Waals surface area contributed by atoms with Crippen molar-refractivity contribution in [2.75, 3.05) is 18.4 Å². The number of piperidine rings is 1. The number of aromatic nitrogens is 3. The summed E-state index contributed by atoms with van der Waals surface area (Å²) in [5.74, 6) is 1.68. The van der Waals surface area contributed by atoms with Gasteiger partial charge in [0.2, 0.25) is 11.8 Å². The van der Waals surface area contributed by atoms with E-state index in [1.54, 1.807) is 17.3 Å². The van der Waals surface area contributed by atoms with Crippen LogP contribution in [0.1, 0.15) is 64.5 Å². The molecule has 2 aromatic heterocycles. The molecule has 1 aliphatic heterocycles. The molecule has 0 radical (unpaired) electrons. The van der Waals surface area contributed by atoms with Crippen molar-refractivity contribution < 1.29 is 19.4 Å². The summed E-state index contributed by atoms with van der Waals surface area (Å²) in [6.45, 7) is 10.8. The normalized spacial score (nSPS) is 16.0. The third-order valence-corrected chi connectivity index (χ3v) is 7.83.